The third kappa shape index (κ3) is 3.07. The highest BCUT2D eigenvalue weighted by Gasteiger charge is 2.10. The molecular weight excluding hydrogens is 307 g/mol. The lowest BCUT2D eigenvalue weighted by Gasteiger charge is -2.22. The van der Waals surface area contributed by atoms with Crippen LogP contribution < -0.4 is 10.6 Å². The van der Waals surface area contributed by atoms with Gasteiger partial charge >= 0.3 is 0 Å². The van der Waals surface area contributed by atoms with Gasteiger partial charge in [0.05, 0.1) is 11.4 Å². The third-order valence-corrected chi connectivity index (χ3v) is 3.65. The van der Waals surface area contributed by atoms with Gasteiger partial charge in [-0.2, -0.15) is 0 Å². The quantitative estimate of drug-likeness (QED) is 0.861. The van der Waals surface area contributed by atoms with Crippen LogP contribution in [0, 0.1) is 12.7 Å². The van der Waals surface area contributed by atoms with E-state index in [0.717, 1.165) is 4.47 Å². The minimum atomic E-state index is -0.379. The molecule has 2 N–H and O–H groups in total. The van der Waals surface area contributed by atoms with Crippen molar-refractivity contribution >= 4 is 27.3 Å². The summed E-state index contributed by atoms with van der Waals surface area (Å²) in [6.07, 6.45) is 0. The first-order valence-electron chi connectivity index (χ1n) is 5.99. The van der Waals surface area contributed by atoms with Crippen LogP contribution in [-0.4, -0.2) is 7.05 Å². The second-order valence-electron chi connectivity index (χ2n) is 4.60. The predicted octanol–water partition coefficient (Wildman–Crippen LogP) is 4.12. The van der Waals surface area contributed by atoms with Gasteiger partial charge in [-0.1, -0.05) is 28.1 Å². The van der Waals surface area contributed by atoms with E-state index in [1.807, 2.05) is 24.1 Å². The molecule has 2 aromatic rings. The van der Waals surface area contributed by atoms with Gasteiger partial charge in [-0.15, -0.1) is 0 Å². The number of para-hydroxylation sites is 1. The van der Waals surface area contributed by atoms with Crippen molar-refractivity contribution in [3.63, 3.8) is 0 Å². The summed E-state index contributed by atoms with van der Waals surface area (Å²) in [5.41, 5.74) is 9.06. The van der Waals surface area contributed by atoms with E-state index in [1.165, 1.54) is 17.2 Å². The van der Waals surface area contributed by atoms with Crippen LogP contribution in [0.2, 0.25) is 0 Å². The molecule has 0 saturated carbocycles. The summed E-state index contributed by atoms with van der Waals surface area (Å²) in [4.78, 5) is 1.95. The Morgan fingerprint density at radius 1 is 1.26 bits per heavy atom. The van der Waals surface area contributed by atoms with Crippen molar-refractivity contribution in [3.8, 4) is 0 Å². The lowest BCUT2D eigenvalue weighted by Crippen LogP contribution is -2.18. The largest absolute Gasteiger partial charge is 0.395 e. The zero-order chi connectivity index (χ0) is 14.0. The third-order valence-electron chi connectivity index (χ3n) is 3.16. The molecule has 0 bridgehead atoms. The van der Waals surface area contributed by atoms with E-state index < -0.39 is 0 Å². The van der Waals surface area contributed by atoms with Crippen molar-refractivity contribution in [2.45, 2.75) is 13.5 Å². The zero-order valence-electron chi connectivity index (χ0n) is 11.0. The molecule has 2 rings (SSSR count). The number of hydrogen-bond donors (Lipinski definition) is 1. The van der Waals surface area contributed by atoms with E-state index in [4.69, 9.17) is 5.73 Å². The normalized spacial score (nSPS) is 10.5. The van der Waals surface area contributed by atoms with Crippen LogP contribution in [0.1, 0.15) is 11.1 Å². The van der Waals surface area contributed by atoms with Crippen LogP contribution in [0.4, 0.5) is 15.8 Å². The van der Waals surface area contributed by atoms with Crippen molar-refractivity contribution in [1.82, 2.24) is 0 Å². The first-order valence-corrected chi connectivity index (χ1v) is 6.78. The van der Waals surface area contributed by atoms with Gasteiger partial charge in [0.2, 0.25) is 0 Å². The van der Waals surface area contributed by atoms with Gasteiger partial charge in [0.15, 0.2) is 0 Å². The van der Waals surface area contributed by atoms with E-state index in [2.05, 4.69) is 35.0 Å². The first-order chi connectivity index (χ1) is 8.99. The summed E-state index contributed by atoms with van der Waals surface area (Å²) in [6.45, 7) is 2.74. The van der Waals surface area contributed by atoms with Crippen molar-refractivity contribution < 1.29 is 4.39 Å². The summed E-state index contributed by atoms with van der Waals surface area (Å²) in [5.74, 6) is -0.379. The number of halogens is 2. The van der Waals surface area contributed by atoms with Gasteiger partial charge in [-0.25, -0.2) is 4.39 Å². The topological polar surface area (TPSA) is 29.3 Å². The number of nitrogen functional groups attached to an aromatic ring is 1. The van der Waals surface area contributed by atoms with E-state index in [9.17, 15) is 4.39 Å². The highest BCUT2D eigenvalue weighted by atomic mass is 79.9. The molecule has 4 heteroatoms. The second kappa shape index (κ2) is 5.61. The molecule has 0 aliphatic heterocycles. The monoisotopic (exact) mass is 322 g/mol. The van der Waals surface area contributed by atoms with Gasteiger partial charge in [0.25, 0.3) is 0 Å². The highest BCUT2D eigenvalue weighted by molar-refractivity contribution is 9.10. The average molecular weight is 323 g/mol. The number of benzene rings is 2. The average Bonchev–Trinajstić information content (AvgIpc) is 2.37. The van der Waals surface area contributed by atoms with Crippen molar-refractivity contribution in [1.29, 1.82) is 0 Å². The maximum Gasteiger partial charge on any atom is 0.148 e. The van der Waals surface area contributed by atoms with E-state index in [-0.39, 0.29) is 11.5 Å². The van der Waals surface area contributed by atoms with E-state index in [1.54, 1.807) is 6.07 Å². The SMILES string of the molecule is Cc1ccc(Br)cc1CN(C)c1cccc(F)c1N. The number of nitrogens with zero attached hydrogens (tertiary/aromatic N) is 1. The number of hydrogen-bond acceptors (Lipinski definition) is 2. The summed E-state index contributed by atoms with van der Waals surface area (Å²) >= 11 is 3.47. The van der Waals surface area contributed by atoms with Gasteiger partial charge < -0.3 is 10.6 Å². The summed E-state index contributed by atoms with van der Waals surface area (Å²) < 4.78 is 14.5. The predicted molar refractivity (Wildman–Crippen MR) is 81.8 cm³/mol. The van der Waals surface area contributed by atoms with Crippen LogP contribution in [0.5, 0.6) is 0 Å². The zero-order valence-corrected chi connectivity index (χ0v) is 12.5. The molecule has 19 heavy (non-hydrogen) atoms. The number of nitrogens with two attached hydrogens (primary N) is 1. The molecule has 0 atom stereocenters. The lowest BCUT2D eigenvalue weighted by molar-refractivity contribution is 0.632. The molecule has 0 saturated heterocycles. The van der Waals surface area contributed by atoms with Gasteiger partial charge in [-0.3, -0.25) is 0 Å². The maximum atomic E-state index is 13.5. The molecular formula is C15H16BrFN2. The number of rotatable bonds is 3. The van der Waals surface area contributed by atoms with E-state index >= 15 is 0 Å². The second-order valence-corrected chi connectivity index (χ2v) is 5.52. The van der Waals surface area contributed by atoms with Crippen molar-refractivity contribution in [2.75, 3.05) is 17.7 Å². The molecule has 100 valence electrons. The molecule has 0 unspecified atom stereocenters. The molecule has 2 aromatic carbocycles. The Bertz CT molecular complexity index is 599. The number of anilines is 2. The summed E-state index contributed by atoms with van der Waals surface area (Å²) in [5, 5.41) is 0. The molecule has 0 spiro atoms. The molecule has 0 amide bonds. The highest BCUT2D eigenvalue weighted by Crippen LogP contribution is 2.27. The minimum Gasteiger partial charge on any atom is -0.395 e. The summed E-state index contributed by atoms with van der Waals surface area (Å²) in [7, 11) is 1.91. The number of aryl methyl sites for hydroxylation is 1. The van der Waals surface area contributed by atoms with Crippen LogP contribution >= 0.6 is 15.9 Å². The van der Waals surface area contributed by atoms with Crippen LogP contribution in [0.15, 0.2) is 40.9 Å². The summed E-state index contributed by atoms with van der Waals surface area (Å²) in [6, 6.07) is 11.0. The van der Waals surface area contributed by atoms with Crippen molar-refractivity contribution in [3.05, 3.63) is 57.8 Å². The van der Waals surface area contributed by atoms with Crippen molar-refractivity contribution in [2.24, 2.45) is 0 Å². The molecule has 0 aliphatic carbocycles. The Labute approximate surface area is 121 Å². The van der Waals surface area contributed by atoms with Gasteiger partial charge in [-0.05, 0) is 42.3 Å². The van der Waals surface area contributed by atoms with Gasteiger partial charge in [0, 0.05) is 18.1 Å². The first kappa shape index (κ1) is 13.9. The molecule has 0 aromatic heterocycles. The Balaban J connectivity index is 2.28. The fourth-order valence-electron chi connectivity index (χ4n) is 2.01. The lowest BCUT2D eigenvalue weighted by atomic mass is 10.1. The Morgan fingerprint density at radius 2 is 2.00 bits per heavy atom. The Hall–Kier alpha value is -1.55. The van der Waals surface area contributed by atoms with Crippen LogP contribution in [0.25, 0.3) is 0 Å². The fraction of sp³-hybridized carbons (Fsp3) is 0.200. The van der Waals surface area contributed by atoms with Crippen LogP contribution in [-0.2, 0) is 6.54 Å². The Kier molecular flexibility index (Phi) is 4.10. The van der Waals surface area contributed by atoms with E-state index in [0.29, 0.717) is 12.2 Å². The molecule has 0 aliphatic rings. The smallest absolute Gasteiger partial charge is 0.148 e. The minimum absolute atomic E-state index is 0.192. The molecule has 2 nitrogen and oxygen atoms in total. The van der Waals surface area contributed by atoms with Crippen LogP contribution in [0.3, 0.4) is 0 Å². The standard InChI is InChI=1S/C15H16BrFN2/c1-10-6-7-12(16)8-11(10)9-19(2)14-5-3-4-13(17)15(14)18/h3-8H,9,18H2,1-2H3. The molecule has 0 heterocycles. The van der Waals surface area contributed by atoms with Gasteiger partial charge in [0.1, 0.15) is 5.82 Å². The fourth-order valence-corrected chi connectivity index (χ4v) is 2.42. The maximum absolute atomic E-state index is 13.5. The molecule has 0 fully saturated rings. The molecule has 0 radical (unpaired) electrons. The Morgan fingerprint density at radius 3 is 2.74 bits per heavy atom.